The van der Waals surface area contributed by atoms with Gasteiger partial charge in [0.05, 0.1) is 12.2 Å². The van der Waals surface area contributed by atoms with E-state index in [-0.39, 0.29) is 24.2 Å². The molecule has 1 aliphatic rings. The minimum atomic E-state index is -0.996. The van der Waals surface area contributed by atoms with Crippen LogP contribution in [-0.4, -0.2) is 31.6 Å². The third-order valence-electron chi connectivity index (χ3n) is 4.48. The maximum atomic E-state index is 13.6. The van der Waals surface area contributed by atoms with Crippen LogP contribution < -0.4 is 21.3 Å². The topological polar surface area (TPSA) is 70.4 Å². The van der Waals surface area contributed by atoms with Crippen LogP contribution in [-0.2, 0) is 4.79 Å². The second kappa shape index (κ2) is 7.70. The molecule has 7 heteroatoms. The van der Waals surface area contributed by atoms with Crippen molar-refractivity contribution in [3.8, 4) is 0 Å². The van der Waals surface area contributed by atoms with Crippen molar-refractivity contribution in [3.05, 3.63) is 53.6 Å². The van der Waals surface area contributed by atoms with Gasteiger partial charge in [-0.1, -0.05) is 12.1 Å². The summed E-state index contributed by atoms with van der Waals surface area (Å²) in [6.45, 7) is 3.41. The van der Waals surface area contributed by atoms with E-state index in [1.165, 1.54) is 12.1 Å². The molecule has 138 valence electrons. The molecule has 3 rings (SSSR count). The van der Waals surface area contributed by atoms with Gasteiger partial charge in [0, 0.05) is 30.5 Å². The third-order valence-corrected chi connectivity index (χ3v) is 4.48. The van der Waals surface area contributed by atoms with Crippen molar-refractivity contribution in [2.75, 3.05) is 35.2 Å². The highest BCUT2D eigenvalue weighted by molar-refractivity contribution is 5.95. The van der Waals surface area contributed by atoms with E-state index in [0.717, 1.165) is 36.8 Å². The number of rotatable bonds is 5. The zero-order valence-corrected chi connectivity index (χ0v) is 14.6. The van der Waals surface area contributed by atoms with Crippen LogP contribution in [0.5, 0.6) is 0 Å². The third kappa shape index (κ3) is 4.11. The Morgan fingerprint density at radius 1 is 1.27 bits per heavy atom. The van der Waals surface area contributed by atoms with Crippen LogP contribution in [0.4, 0.5) is 25.8 Å². The molecule has 2 aromatic carbocycles. The van der Waals surface area contributed by atoms with Gasteiger partial charge in [-0.15, -0.1) is 0 Å². The van der Waals surface area contributed by atoms with E-state index in [2.05, 4.69) is 15.5 Å². The smallest absolute Gasteiger partial charge is 0.243 e. The minimum absolute atomic E-state index is 0.0447. The summed E-state index contributed by atoms with van der Waals surface area (Å²) in [4.78, 5) is 14.4. The van der Waals surface area contributed by atoms with Gasteiger partial charge < -0.3 is 21.3 Å². The van der Waals surface area contributed by atoms with E-state index in [9.17, 15) is 13.6 Å². The van der Waals surface area contributed by atoms with Gasteiger partial charge in [0.25, 0.3) is 0 Å². The Bertz CT molecular complexity index is 812. The van der Waals surface area contributed by atoms with E-state index in [0.29, 0.717) is 5.69 Å². The number of amides is 1. The molecule has 0 spiro atoms. The highest BCUT2D eigenvalue weighted by Gasteiger charge is 2.20. The van der Waals surface area contributed by atoms with Gasteiger partial charge in [-0.2, -0.15) is 0 Å². The van der Waals surface area contributed by atoms with Crippen LogP contribution in [0.25, 0.3) is 0 Å². The molecular formula is C19H22F2N4O. The Morgan fingerprint density at radius 3 is 2.81 bits per heavy atom. The van der Waals surface area contributed by atoms with Crippen molar-refractivity contribution in [3.63, 3.8) is 0 Å². The number of halogens is 2. The molecule has 1 aliphatic heterocycles. The van der Waals surface area contributed by atoms with Crippen LogP contribution in [0.2, 0.25) is 0 Å². The first-order valence-electron chi connectivity index (χ1n) is 8.53. The molecule has 0 aliphatic carbocycles. The van der Waals surface area contributed by atoms with Gasteiger partial charge in [-0.05, 0) is 43.2 Å². The molecule has 1 saturated heterocycles. The van der Waals surface area contributed by atoms with Crippen LogP contribution in [0.3, 0.4) is 0 Å². The van der Waals surface area contributed by atoms with Gasteiger partial charge in [0.2, 0.25) is 5.91 Å². The number of nitrogens with one attached hydrogen (secondary N) is 2. The fourth-order valence-electron chi connectivity index (χ4n) is 2.97. The van der Waals surface area contributed by atoms with Crippen LogP contribution in [0, 0.1) is 18.6 Å². The number of hydrogen-bond acceptors (Lipinski definition) is 4. The van der Waals surface area contributed by atoms with Crippen molar-refractivity contribution >= 4 is 23.0 Å². The molecule has 1 atom stereocenters. The lowest BCUT2D eigenvalue weighted by Crippen LogP contribution is -2.26. The molecular weight excluding hydrogens is 338 g/mol. The predicted molar refractivity (Wildman–Crippen MR) is 99.5 cm³/mol. The van der Waals surface area contributed by atoms with E-state index in [1.54, 1.807) is 0 Å². The van der Waals surface area contributed by atoms with Crippen molar-refractivity contribution in [1.29, 1.82) is 0 Å². The molecule has 4 N–H and O–H groups in total. The van der Waals surface area contributed by atoms with Gasteiger partial charge in [-0.25, -0.2) is 8.78 Å². The summed E-state index contributed by atoms with van der Waals surface area (Å²) in [7, 11) is 0. The molecule has 0 saturated carbocycles. The maximum Gasteiger partial charge on any atom is 0.243 e. The zero-order chi connectivity index (χ0) is 18.7. The van der Waals surface area contributed by atoms with E-state index in [4.69, 9.17) is 5.73 Å². The molecule has 1 fully saturated rings. The first-order valence-corrected chi connectivity index (χ1v) is 8.53. The lowest BCUT2D eigenvalue weighted by Gasteiger charge is -2.20. The van der Waals surface area contributed by atoms with Crippen molar-refractivity contribution in [1.82, 2.24) is 0 Å². The largest absolute Gasteiger partial charge is 0.374 e. The molecule has 1 amide bonds. The number of anilines is 3. The van der Waals surface area contributed by atoms with Crippen LogP contribution in [0.15, 0.2) is 36.4 Å². The molecule has 1 unspecified atom stereocenters. The Labute approximate surface area is 151 Å². The first-order chi connectivity index (χ1) is 12.4. The first kappa shape index (κ1) is 18.1. The summed E-state index contributed by atoms with van der Waals surface area (Å²) < 4.78 is 26.8. The number of carbonyl (C=O) groups excluding carboxylic acids is 1. The Hall–Kier alpha value is -2.67. The summed E-state index contributed by atoms with van der Waals surface area (Å²) in [6, 6.07) is 9.81. The van der Waals surface area contributed by atoms with Crippen molar-refractivity contribution in [2.24, 2.45) is 5.73 Å². The number of carbonyl (C=O) groups is 1. The summed E-state index contributed by atoms with van der Waals surface area (Å²) >= 11 is 0. The Kier molecular flexibility index (Phi) is 5.37. The number of benzene rings is 2. The van der Waals surface area contributed by atoms with E-state index < -0.39 is 11.6 Å². The average molecular weight is 360 g/mol. The number of hydrogen-bond donors (Lipinski definition) is 3. The normalized spacial score (nSPS) is 16.6. The minimum Gasteiger partial charge on any atom is -0.374 e. The summed E-state index contributed by atoms with van der Waals surface area (Å²) in [5.74, 6) is -2.29. The Balaban J connectivity index is 1.64. The highest BCUT2D eigenvalue weighted by Crippen LogP contribution is 2.26. The van der Waals surface area contributed by atoms with Crippen molar-refractivity contribution in [2.45, 2.75) is 19.4 Å². The second-order valence-electron chi connectivity index (χ2n) is 6.50. The quantitative estimate of drug-likeness (QED) is 0.767. The van der Waals surface area contributed by atoms with E-state index in [1.807, 2.05) is 25.1 Å². The number of nitrogens with zero attached hydrogens (tertiary/aromatic N) is 1. The monoisotopic (exact) mass is 360 g/mol. The molecule has 26 heavy (non-hydrogen) atoms. The lowest BCUT2D eigenvalue weighted by molar-refractivity contribution is -0.114. The summed E-state index contributed by atoms with van der Waals surface area (Å²) in [5, 5.41) is 5.43. The van der Waals surface area contributed by atoms with Crippen LogP contribution >= 0.6 is 0 Å². The lowest BCUT2D eigenvalue weighted by atomic mass is 10.1. The van der Waals surface area contributed by atoms with Crippen LogP contribution in [0.1, 0.15) is 12.0 Å². The molecule has 0 bridgehead atoms. The van der Waals surface area contributed by atoms with Gasteiger partial charge in [0.1, 0.15) is 0 Å². The maximum absolute atomic E-state index is 13.6. The van der Waals surface area contributed by atoms with Gasteiger partial charge in [0.15, 0.2) is 11.6 Å². The van der Waals surface area contributed by atoms with E-state index >= 15 is 0 Å². The average Bonchev–Trinajstić information content (AvgIpc) is 3.04. The zero-order valence-electron chi connectivity index (χ0n) is 14.6. The van der Waals surface area contributed by atoms with Crippen molar-refractivity contribution < 1.29 is 13.6 Å². The fraction of sp³-hybridized carbons (Fsp3) is 0.316. The van der Waals surface area contributed by atoms with Gasteiger partial charge >= 0.3 is 0 Å². The summed E-state index contributed by atoms with van der Waals surface area (Å²) in [6.07, 6.45) is 0.943. The molecule has 0 aromatic heterocycles. The number of nitrogens with two attached hydrogens (primary N) is 1. The number of aryl methyl sites for hydroxylation is 1. The highest BCUT2D eigenvalue weighted by atomic mass is 19.2. The Morgan fingerprint density at radius 2 is 2.08 bits per heavy atom. The molecule has 0 radical (unpaired) electrons. The second-order valence-corrected chi connectivity index (χ2v) is 6.50. The predicted octanol–water partition coefficient (Wildman–Crippen LogP) is 2.86. The molecule has 1 heterocycles. The SMILES string of the molecule is Cc1ccc(N2CCC(N)C2)cc1NC(=O)CNc1cccc(F)c1F. The fourth-order valence-corrected chi connectivity index (χ4v) is 2.97. The molecule has 2 aromatic rings. The standard InChI is InChI=1S/C19H22F2N4O/c1-12-5-6-14(25-8-7-13(22)11-25)9-17(12)24-18(26)10-23-16-4-2-3-15(20)19(16)21/h2-6,9,13,23H,7-8,10-11,22H2,1H3,(H,24,26). The molecule has 5 nitrogen and oxygen atoms in total. The summed E-state index contributed by atoms with van der Waals surface area (Å²) in [5.41, 5.74) is 8.52. The van der Waals surface area contributed by atoms with Gasteiger partial charge in [-0.3, -0.25) is 4.79 Å².